The van der Waals surface area contributed by atoms with E-state index in [0.29, 0.717) is 15.6 Å². The van der Waals surface area contributed by atoms with Crippen molar-refractivity contribution in [2.75, 3.05) is 0 Å². The first kappa shape index (κ1) is 10.8. The van der Waals surface area contributed by atoms with Crippen LogP contribution >= 0.6 is 23.2 Å². The zero-order chi connectivity index (χ0) is 10.0. The monoisotopic (exact) mass is 219 g/mol. The molecular weight excluding hydrogens is 209 g/mol. The van der Waals surface area contributed by atoms with Gasteiger partial charge in [0.2, 0.25) is 0 Å². The fourth-order valence-corrected chi connectivity index (χ4v) is 1.47. The Labute approximate surface area is 87.3 Å². The number of benzene rings is 1. The predicted octanol–water partition coefficient (Wildman–Crippen LogP) is 2.37. The molecule has 1 aromatic carbocycles. The smallest absolute Gasteiger partial charge is 0.0705 e. The third-order valence-electron chi connectivity index (χ3n) is 1.86. The lowest BCUT2D eigenvalue weighted by atomic mass is 10.0. The Bertz CT molecular complexity index is 302. The summed E-state index contributed by atoms with van der Waals surface area (Å²) >= 11 is 11.7. The number of rotatable bonds is 2. The van der Waals surface area contributed by atoms with Crippen molar-refractivity contribution in [1.82, 2.24) is 0 Å². The molecule has 0 aliphatic carbocycles. The average Bonchev–Trinajstić information content (AvgIpc) is 2.08. The van der Waals surface area contributed by atoms with Gasteiger partial charge in [-0.1, -0.05) is 35.3 Å². The third-order valence-corrected chi connectivity index (χ3v) is 2.69. The second-order valence-corrected chi connectivity index (χ2v) is 3.69. The van der Waals surface area contributed by atoms with Crippen LogP contribution in [0.1, 0.15) is 18.5 Å². The van der Waals surface area contributed by atoms with Crippen molar-refractivity contribution in [2.24, 2.45) is 5.73 Å². The number of halogens is 2. The lowest BCUT2D eigenvalue weighted by Gasteiger charge is -2.16. The summed E-state index contributed by atoms with van der Waals surface area (Å²) in [6.07, 6.45) is -0.643. The van der Waals surface area contributed by atoms with Crippen molar-refractivity contribution in [3.05, 3.63) is 33.8 Å². The Balaban J connectivity index is 3.07. The molecule has 1 rings (SSSR count). The topological polar surface area (TPSA) is 46.2 Å². The van der Waals surface area contributed by atoms with Gasteiger partial charge in [0.15, 0.2) is 0 Å². The molecule has 0 aliphatic rings. The maximum Gasteiger partial charge on any atom is 0.0705 e. The zero-order valence-electron chi connectivity index (χ0n) is 7.17. The molecule has 0 spiro atoms. The van der Waals surface area contributed by atoms with Gasteiger partial charge in [0.05, 0.1) is 22.2 Å². The molecule has 2 nitrogen and oxygen atoms in total. The van der Waals surface area contributed by atoms with Crippen LogP contribution in [-0.4, -0.2) is 11.2 Å². The summed E-state index contributed by atoms with van der Waals surface area (Å²) in [7, 11) is 0. The first-order chi connectivity index (χ1) is 6.04. The van der Waals surface area contributed by atoms with Gasteiger partial charge < -0.3 is 10.8 Å². The van der Waals surface area contributed by atoms with Gasteiger partial charge >= 0.3 is 0 Å². The minimum absolute atomic E-state index is 0.414. The summed E-state index contributed by atoms with van der Waals surface area (Å²) in [5, 5.41) is 10.1. The van der Waals surface area contributed by atoms with Gasteiger partial charge in [-0.15, -0.1) is 0 Å². The molecule has 3 N–H and O–H groups in total. The highest BCUT2D eigenvalue weighted by molar-refractivity contribution is 6.42. The molecule has 0 amide bonds. The molecule has 72 valence electrons. The highest BCUT2D eigenvalue weighted by atomic mass is 35.5. The van der Waals surface area contributed by atoms with Crippen molar-refractivity contribution in [3.63, 3.8) is 0 Å². The molecule has 0 aromatic heterocycles. The third kappa shape index (κ3) is 2.35. The van der Waals surface area contributed by atoms with E-state index in [1.54, 1.807) is 25.1 Å². The van der Waals surface area contributed by atoms with Crippen LogP contribution < -0.4 is 5.73 Å². The van der Waals surface area contributed by atoms with Crippen LogP contribution in [0.5, 0.6) is 0 Å². The van der Waals surface area contributed by atoms with E-state index in [0.717, 1.165) is 0 Å². The maximum absolute atomic E-state index is 9.26. The lowest BCUT2D eigenvalue weighted by Crippen LogP contribution is -2.23. The van der Waals surface area contributed by atoms with Crippen molar-refractivity contribution < 1.29 is 5.11 Å². The molecule has 0 fully saturated rings. The number of aliphatic hydroxyl groups is 1. The van der Waals surface area contributed by atoms with Gasteiger partial charge in [-0.2, -0.15) is 0 Å². The van der Waals surface area contributed by atoms with Gasteiger partial charge in [-0.25, -0.2) is 0 Å². The minimum Gasteiger partial charge on any atom is -0.391 e. The van der Waals surface area contributed by atoms with E-state index in [4.69, 9.17) is 28.9 Å². The van der Waals surface area contributed by atoms with Crippen LogP contribution in [0.4, 0.5) is 0 Å². The molecule has 0 heterocycles. The summed E-state index contributed by atoms with van der Waals surface area (Å²) in [6.45, 7) is 1.61. The highest BCUT2D eigenvalue weighted by Gasteiger charge is 2.16. The second kappa shape index (κ2) is 4.29. The van der Waals surface area contributed by atoms with Gasteiger partial charge in [-0.3, -0.25) is 0 Å². The molecule has 0 radical (unpaired) electrons. The summed E-state index contributed by atoms with van der Waals surface area (Å²) in [6, 6.07) is 4.70. The molecule has 4 heteroatoms. The van der Waals surface area contributed by atoms with Crippen LogP contribution in [0.25, 0.3) is 0 Å². The lowest BCUT2D eigenvalue weighted by molar-refractivity contribution is 0.164. The molecule has 2 atom stereocenters. The Morgan fingerprint density at radius 3 is 2.54 bits per heavy atom. The van der Waals surface area contributed by atoms with Crippen molar-refractivity contribution in [1.29, 1.82) is 0 Å². The molecule has 0 aliphatic heterocycles. The molecular formula is C9H11Cl2NO. The van der Waals surface area contributed by atoms with E-state index in [9.17, 15) is 5.11 Å². The first-order valence-corrected chi connectivity index (χ1v) is 4.67. The molecule has 0 saturated heterocycles. The normalized spacial score (nSPS) is 15.5. The van der Waals surface area contributed by atoms with Gasteiger partial charge in [0, 0.05) is 0 Å². The van der Waals surface area contributed by atoms with Crippen molar-refractivity contribution in [3.8, 4) is 0 Å². The minimum atomic E-state index is -0.643. The van der Waals surface area contributed by atoms with Crippen LogP contribution in [0.2, 0.25) is 10.0 Å². The van der Waals surface area contributed by atoms with E-state index in [1.807, 2.05) is 0 Å². The second-order valence-electron chi connectivity index (χ2n) is 2.91. The van der Waals surface area contributed by atoms with Crippen LogP contribution in [0.15, 0.2) is 18.2 Å². The number of hydrogen-bond acceptors (Lipinski definition) is 2. The Hall–Kier alpha value is -0.280. The predicted molar refractivity (Wildman–Crippen MR) is 55.1 cm³/mol. The maximum atomic E-state index is 9.26. The standard InChI is InChI=1S/C9H11Cl2NO/c1-5(13)9(12)6-3-2-4-7(10)8(6)11/h2-5,9,13H,12H2,1H3/t5-,9+/m0/s1. The Morgan fingerprint density at radius 1 is 1.38 bits per heavy atom. The van der Waals surface area contributed by atoms with Gasteiger partial charge in [-0.05, 0) is 18.6 Å². The molecule has 1 aromatic rings. The summed E-state index contributed by atoms with van der Waals surface area (Å²) in [5.74, 6) is 0. The Morgan fingerprint density at radius 2 is 2.00 bits per heavy atom. The average molecular weight is 220 g/mol. The van der Waals surface area contributed by atoms with Crippen LogP contribution in [0, 0.1) is 0 Å². The van der Waals surface area contributed by atoms with Gasteiger partial charge in [0.25, 0.3) is 0 Å². The van der Waals surface area contributed by atoms with Crippen LogP contribution in [0.3, 0.4) is 0 Å². The van der Waals surface area contributed by atoms with E-state index in [-0.39, 0.29) is 0 Å². The fourth-order valence-electron chi connectivity index (χ4n) is 1.04. The number of nitrogens with two attached hydrogens (primary N) is 1. The van der Waals surface area contributed by atoms with Gasteiger partial charge in [0.1, 0.15) is 0 Å². The fraction of sp³-hybridized carbons (Fsp3) is 0.333. The molecule has 0 unspecified atom stereocenters. The number of aliphatic hydroxyl groups excluding tert-OH is 1. The zero-order valence-corrected chi connectivity index (χ0v) is 8.68. The van der Waals surface area contributed by atoms with E-state index < -0.39 is 12.1 Å². The quantitative estimate of drug-likeness (QED) is 0.803. The van der Waals surface area contributed by atoms with E-state index >= 15 is 0 Å². The summed E-state index contributed by atoms with van der Waals surface area (Å²) in [5.41, 5.74) is 6.38. The SMILES string of the molecule is C[C@H](O)[C@@H](N)c1cccc(Cl)c1Cl. The van der Waals surface area contributed by atoms with Crippen molar-refractivity contribution in [2.45, 2.75) is 19.1 Å². The number of hydrogen-bond donors (Lipinski definition) is 2. The first-order valence-electron chi connectivity index (χ1n) is 3.91. The molecule has 13 heavy (non-hydrogen) atoms. The summed E-state index contributed by atoms with van der Waals surface area (Å²) < 4.78 is 0. The van der Waals surface area contributed by atoms with Crippen molar-refractivity contribution >= 4 is 23.2 Å². The largest absolute Gasteiger partial charge is 0.391 e. The molecule has 0 bridgehead atoms. The molecule has 0 saturated carbocycles. The van der Waals surface area contributed by atoms with Crippen LogP contribution in [-0.2, 0) is 0 Å². The Kier molecular flexibility index (Phi) is 3.56. The highest BCUT2D eigenvalue weighted by Crippen LogP contribution is 2.29. The van der Waals surface area contributed by atoms with E-state index in [1.165, 1.54) is 0 Å². The summed E-state index contributed by atoms with van der Waals surface area (Å²) in [4.78, 5) is 0. The van der Waals surface area contributed by atoms with E-state index in [2.05, 4.69) is 0 Å².